The highest BCUT2D eigenvalue weighted by Crippen LogP contribution is 2.34. The summed E-state index contributed by atoms with van der Waals surface area (Å²) >= 11 is 0. The van der Waals surface area contributed by atoms with Gasteiger partial charge in [0.2, 0.25) is 0 Å². The first-order chi connectivity index (χ1) is 11.0. The summed E-state index contributed by atoms with van der Waals surface area (Å²) < 4.78 is 33.6. The Bertz CT molecular complexity index is 804. The minimum Gasteiger partial charge on any atom is -0.496 e. The lowest BCUT2D eigenvalue weighted by atomic mass is 9.88. The van der Waals surface area contributed by atoms with Crippen LogP contribution in [0.3, 0.4) is 0 Å². The van der Waals surface area contributed by atoms with Crippen molar-refractivity contribution in [3.8, 4) is 5.75 Å². The number of anilines is 1. The molecule has 0 spiro atoms. The van der Waals surface area contributed by atoms with Gasteiger partial charge < -0.3 is 10.5 Å². The van der Waals surface area contributed by atoms with E-state index in [1.165, 1.54) is 0 Å². The number of para-hydroxylation sites is 1. The van der Waals surface area contributed by atoms with Crippen molar-refractivity contribution in [3.63, 3.8) is 0 Å². The smallest absolute Gasteiger partial charge is 0.262 e. The van der Waals surface area contributed by atoms with Crippen LogP contribution in [0.5, 0.6) is 5.75 Å². The number of sulfonamides is 1. The van der Waals surface area contributed by atoms with Crippen molar-refractivity contribution in [2.45, 2.75) is 30.2 Å². The summed E-state index contributed by atoms with van der Waals surface area (Å²) in [7, 11) is -2.05. The van der Waals surface area contributed by atoms with Crippen molar-refractivity contribution in [1.29, 1.82) is 0 Å². The van der Waals surface area contributed by atoms with E-state index in [1.54, 1.807) is 43.5 Å². The van der Waals surface area contributed by atoms with Gasteiger partial charge >= 0.3 is 0 Å². The monoisotopic (exact) mass is 332 g/mol. The molecule has 0 amide bonds. The minimum absolute atomic E-state index is 0.0384. The molecule has 23 heavy (non-hydrogen) atoms. The minimum atomic E-state index is -3.64. The number of nitrogens with one attached hydrogen (secondary N) is 1. The van der Waals surface area contributed by atoms with Crippen LogP contribution in [0.25, 0.3) is 0 Å². The zero-order valence-electron chi connectivity index (χ0n) is 13.0. The fourth-order valence-corrected chi connectivity index (χ4v) is 4.35. The van der Waals surface area contributed by atoms with Crippen LogP contribution >= 0.6 is 0 Å². The maximum atomic E-state index is 12.8. The Labute approximate surface area is 136 Å². The van der Waals surface area contributed by atoms with Gasteiger partial charge in [0.25, 0.3) is 10.0 Å². The Balaban J connectivity index is 2.04. The quantitative estimate of drug-likeness (QED) is 0.900. The first-order valence-electron chi connectivity index (χ1n) is 7.53. The van der Waals surface area contributed by atoms with E-state index in [4.69, 9.17) is 10.5 Å². The standard InChI is InChI=1S/C17H20N2O3S/c1-22-16-9-10-17(14-8-7-12(18)11-15(14)16)23(20,21)19-13-5-3-2-4-6-13/h2-6,9-10,12,19H,7-8,11,18H2,1H3. The van der Waals surface area contributed by atoms with Gasteiger partial charge in [-0.1, -0.05) is 18.2 Å². The van der Waals surface area contributed by atoms with E-state index in [1.807, 2.05) is 6.07 Å². The Morgan fingerprint density at radius 2 is 1.87 bits per heavy atom. The van der Waals surface area contributed by atoms with Crippen LogP contribution in [0, 0.1) is 0 Å². The molecule has 1 aliphatic carbocycles. The van der Waals surface area contributed by atoms with Crippen LogP contribution < -0.4 is 15.2 Å². The number of methoxy groups -OCH3 is 1. The number of hydrogen-bond acceptors (Lipinski definition) is 4. The van der Waals surface area contributed by atoms with Crippen LogP contribution in [0.1, 0.15) is 17.5 Å². The van der Waals surface area contributed by atoms with Crippen molar-refractivity contribution in [1.82, 2.24) is 0 Å². The largest absolute Gasteiger partial charge is 0.496 e. The summed E-state index contributed by atoms with van der Waals surface area (Å²) in [6, 6.07) is 12.2. The summed E-state index contributed by atoms with van der Waals surface area (Å²) in [6.07, 6.45) is 2.04. The number of ether oxygens (including phenoxy) is 1. The Kier molecular flexibility index (Phi) is 4.28. The fourth-order valence-electron chi connectivity index (χ4n) is 3.00. The molecule has 0 radical (unpaired) electrons. The van der Waals surface area contributed by atoms with Gasteiger partial charge in [0.1, 0.15) is 5.75 Å². The van der Waals surface area contributed by atoms with Crippen LogP contribution in [-0.4, -0.2) is 21.6 Å². The molecule has 3 N–H and O–H groups in total. The van der Waals surface area contributed by atoms with Gasteiger partial charge in [-0.05, 0) is 49.1 Å². The highest BCUT2D eigenvalue weighted by atomic mass is 32.2. The van der Waals surface area contributed by atoms with E-state index < -0.39 is 10.0 Å². The zero-order chi connectivity index (χ0) is 16.4. The van der Waals surface area contributed by atoms with Crippen LogP contribution in [0.2, 0.25) is 0 Å². The Morgan fingerprint density at radius 3 is 2.57 bits per heavy atom. The maximum absolute atomic E-state index is 12.8. The average molecular weight is 332 g/mol. The summed E-state index contributed by atoms with van der Waals surface area (Å²) in [5.74, 6) is 0.703. The molecule has 0 aliphatic heterocycles. The molecular weight excluding hydrogens is 312 g/mol. The first-order valence-corrected chi connectivity index (χ1v) is 9.02. The van der Waals surface area contributed by atoms with E-state index in [0.717, 1.165) is 17.5 Å². The molecule has 1 aliphatic rings. The van der Waals surface area contributed by atoms with Gasteiger partial charge in [-0.2, -0.15) is 0 Å². The predicted molar refractivity (Wildman–Crippen MR) is 90.2 cm³/mol. The highest BCUT2D eigenvalue weighted by molar-refractivity contribution is 7.92. The van der Waals surface area contributed by atoms with E-state index in [2.05, 4.69) is 4.72 Å². The highest BCUT2D eigenvalue weighted by Gasteiger charge is 2.27. The molecule has 122 valence electrons. The van der Waals surface area contributed by atoms with Gasteiger partial charge in [-0.3, -0.25) is 4.72 Å². The number of rotatable bonds is 4. The summed E-state index contributed by atoms with van der Waals surface area (Å²) in [6.45, 7) is 0. The van der Waals surface area contributed by atoms with Crippen LogP contribution in [0.4, 0.5) is 5.69 Å². The molecule has 0 saturated heterocycles. The van der Waals surface area contributed by atoms with E-state index in [9.17, 15) is 8.42 Å². The number of nitrogens with two attached hydrogens (primary N) is 1. The van der Waals surface area contributed by atoms with Crippen LogP contribution in [0.15, 0.2) is 47.4 Å². The van der Waals surface area contributed by atoms with Gasteiger partial charge in [0, 0.05) is 17.3 Å². The normalized spacial score (nSPS) is 17.4. The Hall–Kier alpha value is -2.05. The summed E-state index contributed by atoms with van der Waals surface area (Å²) in [5, 5.41) is 0. The molecule has 3 rings (SSSR count). The van der Waals surface area contributed by atoms with Gasteiger partial charge in [-0.15, -0.1) is 0 Å². The predicted octanol–water partition coefficient (Wildman–Crippen LogP) is 2.31. The molecule has 0 bridgehead atoms. The van der Waals surface area contributed by atoms with Crippen molar-refractivity contribution in [2.75, 3.05) is 11.8 Å². The average Bonchev–Trinajstić information content (AvgIpc) is 2.54. The molecular formula is C17H20N2O3S. The lowest BCUT2D eigenvalue weighted by Gasteiger charge is -2.25. The number of benzene rings is 2. The van der Waals surface area contributed by atoms with E-state index in [0.29, 0.717) is 29.2 Å². The third-order valence-corrected chi connectivity index (χ3v) is 5.58. The maximum Gasteiger partial charge on any atom is 0.262 e. The third-order valence-electron chi connectivity index (χ3n) is 4.11. The lowest BCUT2D eigenvalue weighted by molar-refractivity contribution is 0.402. The molecule has 2 aromatic rings. The topological polar surface area (TPSA) is 81.4 Å². The summed E-state index contributed by atoms with van der Waals surface area (Å²) in [5.41, 5.74) is 8.30. The molecule has 5 nitrogen and oxygen atoms in total. The molecule has 0 saturated carbocycles. The van der Waals surface area contributed by atoms with Crippen molar-refractivity contribution in [2.24, 2.45) is 5.73 Å². The van der Waals surface area contributed by atoms with Crippen LogP contribution in [-0.2, 0) is 22.9 Å². The third kappa shape index (κ3) is 3.18. The lowest BCUT2D eigenvalue weighted by Crippen LogP contribution is -2.29. The number of fused-ring (bicyclic) bond motifs is 1. The molecule has 0 fully saturated rings. The zero-order valence-corrected chi connectivity index (χ0v) is 13.8. The second-order valence-electron chi connectivity index (χ2n) is 5.70. The second-order valence-corrected chi connectivity index (χ2v) is 7.35. The number of hydrogen-bond donors (Lipinski definition) is 2. The van der Waals surface area contributed by atoms with Crippen molar-refractivity contribution < 1.29 is 13.2 Å². The molecule has 1 unspecified atom stereocenters. The molecule has 2 aromatic carbocycles. The van der Waals surface area contributed by atoms with Crippen molar-refractivity contribution >= 4 is 15.7 Å². The SMILES string of the molecule is COc1ccc(S(=O)(=O)Nc2ccccc2)c2c1CC(N)CC2. The molecule has 0 aromatic heterocycles. The van der Waals surface area contributed by atoms with E-state index in [-0.39, 0.29) is 6.04 Å². The summed E-state index contributed by atoms with van der Waals surface area (Å²) in [4.78, 5) is 0.309. The fraction of sp³-hybridized carbons (Fsp3) is 0.294. The van der Waals surface area contributed by atoms with Gasteiger partial charge in [-0.25, -0.2) is 8.42 Å². The van der Waals surface area contributed by atoms with Gasteiger partial charge in [0.05, 0.1) is 12.0 Å². The Morgan fingerprint density at radius 1 is 1.13 bits per heavy atom. The first kappa shape index (κ1) is 15.8. The second kappa shape index (κ2) is 6.22. The van der Waals surface area contributed by atoms with Crippen molar-refractivity contribution in [3.05, 3.63) is 53.6 Å². The van der Waals surface area contributed by atoms with E-state index >= 15 is 0 Å². The molecule has 6 heteroatoms. The molecule has 0 heterocycles. The van der Waals surface area contributed by atoms with Gasteiger partial charge in [0.15, 0.2) is 0 Å². The molecule has 1 atom stereocenters.